The quantitative estimate of drug-likeness (QED) is 0.748. The van der Waals surface area contributed by atoms with Crippen molar-refractivity contribution >= 4 is 11.8 Å². The highest BCUT2D eigenvalue weighted by atomic mass is 19.3. The maximum atomic E-state index is 12.9. The van der Waals surface area contributed by atoms with Gasteiger partial charge in [0.25, 0.3) is 5.92 Å². The summed E-state index contributed by atoms with van der Waals surface area (Å²) in [5.41, 5.74) is 0. The van der Waals surface area contributed by atoms with E-state index in [1.807, 2.05) is 0 Å². The standard InChI is InChI=1S/C11H19F2N3O2/c1-7(2)15-9(17)5-16(3)10(18)8-4-11(12,13)6-14-8/h7-8,14H,4-6H2,1-3H3,(H,15,17). The third-order valence-corrected chi connectivity index (χ3v) is 2.61. The van der Waals surface area contributed by atoms with E-state index >= 15 is 0 Å². The topological polar surface area (TPSA) is 61.4 Å². The van der Waals surface area contributed by atoms with E-state index in [2.05, 4.69) is 10.6 Å². The minimum atomic E-state index is -2.85. The third-order valence-electron chi connectivity index (χ3n) is 2.61. The molecule has 0 aromatic carbocycles. The lowest BCUT2D eigenvalue weighted by Crippen LogP contribution is -2.46. The minimum Gasteiger partial charge on any atom is -0.352 e. The van der Waals surface area contributed by atoms with Gasteiger partial charge in [-0.1, -0.05) is 0 Å². The zero-order chi connectivity index (χ0) is 13.9. The van der Waals surface area contributed by atoms with E-state index in [4.69, 9.17) is 0 Å². The molecule has 1 unspecified atom stereocenters. The third kappa shape index (κ3) is 4.21. The number of hydrogen-bond donors (Lipinski definition) is 2. The van der Waals surface area contributed by atoms with Crippen LogP contribution in [0.3, 0.4) is 0 Å². The first-order chi connectivity index (χ1) is 8.21. The van der Waals surface area contributed by atoms with Gasteiger partial charge in [0.05, 0.1) is 19.1 Å². The molecule has 1 aliphatic rings. The molecular formula is C11H19F2N3O2. The number of carbonyl (C=O) groups is 2. The second kappa shape index (κ2) is 5.60. The molecule has 0 aromatic rings. The molecule has 1 rings (SSSR count). The van der Waals surface area contributed by atoms with Gasteiger partial charge < -0.3 is 10.2 Å². The number of halogens is 2. The van der Waals surface area contributed by atoms with Crippen molar-refractivity contribution in [2.24, 2.45) is 0 Å². The summed E-state index contributed by atoms with van der Waals surface area (Å²) in [6.45, 7) is 2.99. The normalized spacial score (nSPS) is 22.0. The van der Waals surface area contributed by atoms with Crippen LogP contribution < -0.4 is 10.6 Å². The van der Waals surface area contributed by atoms with Gasteiger partial charge in [0, 0.05) is 19.5 Å². The van der Waals surface area contributed by atoms with Gasteiger partial charge in [0.15, 0.2) is 0 Å². The first kappa shape index (κ1) is 14.8. The fraction of sp³-hybridized carbons (Fsp3) is 0.818. The van der Waals surface area contributed by atoms with Crippen LogP contribution in [0.25, 0.3) is 0 Å². The van der Waals surface area contributed by atoms with Gasteiger partial charge in [-0.05, 0) is 13.8 Å². The van der Waals surface area contributed by atoms with Crippen LogP contribution in [0.4, 0.5) is 8.78 Å². The largest absolute Gasteiger partial charge is 0.352 e. The Bertz CT molecular complexity index is 334. The van der Waals surface area contributed by atoms with Crippen LogP contribution in [-0.4, -0.2) is 54.9 Å². The molecule has 1 saturated heterocycles. The van der Waals surface area contributed by atoms with E-state index in [0.717, 1.165) is 4.90 Å². The van der Waals surface area contributed by atoms with Crippen molar-refractivity contribution < 1.29 is 18.4 Å². The van der Waals surface area contributed by atoms with Crippen LogP contribution in [0.15, 0.2) is 0 Å². The Morgan fingerprint density at radius 3 is 2.56 bits per heavy atom. The predicted octanol–water partition coefficient (Wildman–Crippen LogP) is -0.0334. The summed E-state index contributed by atoms with van der Waals surface area (Å²) in [6, 6.07) is -0.924. The average Bonchev–Trinajstić information content (AvgIpc) is 2.56. The summed E-state index contributed by atoms with van der Waals surface area (Å²) in [7, 11) is 1.43. The number of nitrogens with zero attached hydrogens (tertiary/aromatic N) is 1. The molecule has 1 aliphatic heterocycles. The molecule has 2 N–H and O–H groups in total. The molecule has 2 amide bonds. The Labute approximate surface area is 105 Å². The molecule has 1 atom stereocenters. The summed E-state index contributed by atoms with van der Waals surface area (Å²) in [5.74, 6) is -3.63. The number of nitrogens with one attached hydrogen (secondary N) is 2. The molecule has 0 radical (unpaired) electrons. The van der Waals surface area contributed by atoms with E-state index < -0.39 is 30.8 Å². The molecule has 0 saturated carbocycles. The molecule has 7 heteroatoms. The van der Waals surface area contributed by atoms with Gasteiger partial charge in [0.1, 0.15) is 0 Å². The van der Waals surface area contributed by atoms with Crippen LogP contribution in [-0.2, 0) is 9.59 Å². The highest BCUT2D eigenvalue weighted by Crippen LogP contribution is 2.25. The minimum absolute atomic E-state index is 0.0186. The average molecular weight is 263 g/mol. The first-order valence-electron chi connectivity index (χ1n) is 5.87. The summed E-state index contributed by atoms with van der Waals surface area (Å²) in [6.07, 6.45) is -0.512. The smallest absolute Gasteiger partial charge is 0.262 e. The Morgan fingerprint density at radius 2 is 2.11 bits per heavy atom. The molecule has 0 aliphatic carbocycles. The molecule has 1 heterocycles. The van der Waals surface area contributed by atoms with Gasteiger partial charge in [-0.3, -0.25) is 14.9 Å². The Balaban J connectivity index is 2.45. The van der Waals surface area contributed by atoms with Gasteiger partial charge >= 0.3 is 0 Å². The monoisotopic (exact) mass is 263 g/mol. The van der Waals surface area contributed by atoms with E-state index in [1.165, 1.54) is 7.05 Å². The Kier molecular flexibility index (Phi) is 4.61. The van der Waals surface area contributed by atoms with Gasteiger partial charge in [-0.2, -0.15) is 0 Å². The number of likely N-dealkylation sites (N-methyl/N-ethyl adjacent to an activating group) is 1. The summed E-state index contributed by atoms with van der Waals surface area (Å²) < 4.78 is 25.9. The summed E-state index contributed by atoms with van der Waals surface area (Å²) >= 11 is 0. The highest BCUT2D eigenvalue weighted by molar-refractivity contribution is 5.87. The van der Waals surface area contributed by atoms with Gasteiger partial charge in [0.2, 0.25) is 11.8 Å². The van der Waals surface area contributed by atoms with Crippen molar-refractivity contribution in [1.82, 2.24) is 15.5 Å². The van der Waals surface area contributed by atoms with Crippen LogP contribution in [0.5, 0.6) is 0 Å². The van der Waals surface area contributed by atoms with Gasteiger partial charge in [-0.25, -0.2) is 8.78 Å². The first-order valence-corrected chi connectivity index (χ1v) is 5.87. The lowest BCUT2D eigenvalue weighted by atomic mass is 10.1. The van der Waals surface area contributed by atoms with E-state index in [1.54, 1.807) is 13.8 Å². The molecule has 5 nitrogen and oxygen atoms in total. The molecule has 0 aromatic heterocycles. The summed E-state index contributed by atoms with van der Waals surface area (Å²) in [4.78, 5) is 24.4. The summed E-state index contributed by atoms with van der Waals surface area (Å²) in [5, 5.41) is 5.10. The second-order valence-electron chi connectivity index (χ2n) is 4.91. The number of hydrogen-bond acceptors (Lipinski definition) is 3. The van der Waals surface area contributed by atoms with E-state index in [0.29, 0.717) is 0 Å². The molecule has 0 bridgehead atoms. The predicted molar refractivity (Wildman–Crippen MR) is 62.3 cm³/mol. The van der Waals surface area contributed by atoms with Crippen LogP contribution in [0.1, 0.15) is 20.3 Å². The Morgan fingerprint density at radius 1 is 1.50 bits per heavy atom. The molecule has 1 fully saturated rings. The number of rotatable bonds is 4. The molecule has 18 heavy (non-hydrogen) atoms. The van der Waals surface area contributed by atoms with Crippen LogP contribution in [0, 0.1) is 0 Å². The fourth-order valence-corrected chi connectivity index (χ4v) is 1.82. The second-order valence-corrected chi connectivity index (χ2v) is 4.91. The lowest BCUT2D eigenvalue weighted by molar-refractivity contribution is -0.136. The zero-order valence-electron chi connectivity index (χ0n) is 10.8. The SMILES string of the molecule is CC(C)NC(=O)CN(C)C(=O)C1CC(F)(F)CN1. The van der Waals surface area contributed by atoms with Gasteiger partial charge in [-0.15, -0.1) is 0 Å². The molecule has 0 spiro atoms. The van der Waals surface area contributed by atoms with Crippen molar-refractivity contribution in [1.29, 1.82) is 0 Å². The van der Waals surface area contributed by atoms with E-state index in [9.17, 15) is 18.4 Å². The van der Waals surface area contributed by atoms with Crippen molar-refractivity contribution in [2.75, 3.05) is 20.1 Å². The number of carbonyl (C=O) groups excluding carboxylic acids is 2. The highest BCUT2D eigenvalue weighted by Gasteiger charge is 2.43. The van der Waals surface area contributed by atoms with Crippen LogP contribution in [0.2, 0.25) is 0 Å². The fourth-order valence-electron chi connectivity index (χ4n) is 1.82. The Hall–Kier alpha value is -1.24. The maximum absolute atomic E-state index is 12.9. The lowest BCUT2D eigenvalue weighted by Gasteiger charge is -2.21. The van der Waals surface area contributed by atoms with Crippen molar-refractivity contribution in [2.45, 2.75) is 38.3 Å². The van der Waals surface area contributed by atoms with Crippen molar-refractivity contribution in [3.05, 3.63) is 0 Å². The van der Waals surface area contributed by atoms with Crippen LogP contribution >= 0.6 is 0 Å². The molecular weight excluding hydrogens is 244 g/mol. The van der Waals surface area contributed by atoms with Crippen molar-refractivity contribution in [3.8, 4) is 0 Å². The number of alkyl halides is 2. The van der Waals surface area contributed by atoms with E-state index in [-0.39, 0.29) is 18.5 Å². The number of amides is 2. The zero-order valence-corrected chi connectivity index (χ0v) is 10.8. The molecule has 104 valence electrons. The van der Waals surface area contributed by atoms with Crippen molar-refractivity contribution in [3.63, 3.8) is 0 Å². The maximum Gasteiger partial charge on any atom is 0.262 e.